The van der Waals surface area contributed by atoms with E-state index < -0.39 is 17.4 Å². The van der Waals surface area contributed by atoms with Crippen LogP contribution in [-0.4, -0.2) is 11.5 Å². The molecule has 0 aromatic heterocycles. The summed E-state index contributed by atoms with van der Waals surface area (Å²) in [5, 5.41) is 10.9. The van der Waals surface area contributed by atoms with Crippen LogP contribution >= 0.6 is 15.9 Å². The summed E-state index contributed by atoms with van der Waals surface area (Å²) >= 11 is 3.03. The molecule has 0 heterocycles. The summed E-state index contributed by atoms with van der Waals surface area (Å²) < 4.78 is 42.2. The van der Waals surface area contributed by atoms with E-state index in [-0.39, 0.29) is 21.5 Å². The van der Waals surface area contributed by atoms with Crippen LogP contribution in [0.15, 0.2) is 40.9 Å². The first-order chi connectivity index (χ1) is 9.86. The first-order valence-corrected chi connectivity index (χ1v) is 6.36. The minimum absolute atomic E-state index is 0.196. The zero-order chi connectivity index (χ0) is 15.6. The zero-order valence-electron chi connectivity index (χ0n) is 10.2. The highest BCUT2D eigenvalue weighted by Gasteiger charge is 2.15. The number of nitrogens with zero attached hydrogens (tertiary/aromatic N) is 1. The lowest BCUT2D eigenvalue weighted by molar-refractivity contribution is -0.385. The molecule has 8 heteroatoms. The number of nitro benzene ring substituents is 1. The van der Waals surface area contributed by atoms with Gasteiger partial charge >= 0.3 is 6.61 Å². The second-order valence-electron chi connectivity index (χ2n) is 3.98. The maximum atomic E-state index is 13.4. The normalized spacial score (nSPS) is 10.7. The smallest absolute Gasteiger partial charge is 0.387 e. The van der Waals surface area contributed by atoms with Gasteiger partial charge in [0.05, 0.1) is 9.40 Å². The van der Waals surface area contributed by atoms with Gasteiger partial charge in [-0.3, -0.25) is 10.1 Å². The second kappa shape index (κ2) is 6.13. The average Bonchev–Trinajstić information content (AvgIpc) is 2.37. The molecule has 0 saturated carbocycles. The van der Waals surface area contributed by atoms with Crippen molar-refractivity contribution in [2.45, 2.75) is 6.61 Å². The summed E-state index contributed by atoms with van der Waals surface area (Å²) in [5.41, 5.74) is 0.290. The molecule has 0 bridgehead atoms. The molecule has 2 aromatic carbocycles. The molecule has 0 saturated heterocycles. The highest BCUT2D eigenvalue weighted by molar-refractivity contribution is 9.10. The van der Waals surface area contributed by atoms with Crippen molar-refractivity contribution in [3.8, 4) is 16.9 Å². The molecular weight excluding hydrogens is 355 g/mol. The second-order valence-corrected chi connectivity index (χ2v) is 4.83. The first kappa shape index (κ1) is 15.3. The van der Waals surface area contributed by atoms with Gasteiger partial charge in [0, 0.05) is 12.1 Å². The molecular formula is C13H7BrF3NO3. The van der Waals surface area contributed by atoms with Gasteiger partial charge in [-0.05, 0) is 45.3 Å². The van der Waals surface area contributed by atoms with Crippen LogP contribution in [0, 0.1) is 15.9 Å². The maximum Gasteiger partial charge on any atom is 0.387 e. The number of halogens is 4. The molecule has 0 fully saturated rings. The SMILES string of the molecule is O=[N+]([O-])c1cc(-c2cc(F)cc(OC(F)F)c2)ccc1Br. The molecule has 2 rings (SSSR count). The van der Waals surface area contributed by atoms with Crippen molar-refractivity contribution in [3.63, 3.8) is 0 Å². The number of rotatable bonds is 4. The molecule has 0 unspecified atom stereocenters. The van der Waals surface area contributed by atoms with Crippen LogP contribution < -0.4 is 4.74 Å². The molecule has 0 spiro atoms. The van der Waals surface area contributed by atoms with Gasteiger partial charge < -0.3 is 4.74 Å². The Morgan fingerprint density at radius 3 is 2.48 bits per heavy atom. The topological polar surface area (TPSA) is 52.4 Å². The van der Waals surface area contributed by atoms with E-state index in [4.69, 9.17) is 0 Å². The van der Waals surface area contributed by atoms with E-state index in [1.165, 1.54) is 24.3 Å². The lowest BCUT2D eigenvalue weighted by Crippen LogP contribution is -2.02. The minimum atomic E-state index is -3.08. The summed E-state index contributed by atoms with van der Waals surface area (Å²) in [7, 11) is 0. The molecule has 0 amide bonds. The fraction of sp³-hybridized carbons (Fsp3) is 0.0769. The highest BCUT2D eigenvalue weighted by atomic mass is 79.9. The molecule has 0 aliphatic heterocycles. The third-order valence-corrected chi connectivity index (χ3v) is 3.24. The summed E-state index contributed by atoms with van der Waals surface area (Å²) in [6, 6.07) is 7.20. The molecule has 21 heavy (non-hydrogen) atoms. The van der Waals surface area contributed by atoms with Gasteiger partial charge in [0.15, 0.2) is 0 Å². The molecule has 2 aromatic rings. The van der Waals surface area contributed by atoms with Crippen molar-refractivity contribution in [2.24, 2.45) is 0 Å². The van der Waals surface area contributed by atoms with Crippen molar-refractivity contribution in [1.82, 2.24) is 0 Å². The van der Waals surface area contributed by atoms with Crippen LogP contribution in [-0.2, 0) is 0 Å². The largest absolute Gasteiger partial charge is 0.435 e. The van der Waals surface area contributed by atoms with E-state index in [9.17, 15) is 23.3 Å². The third-order valence-electron chi connectivity index (χ3n) is 2.57. The maximum absolute atomic E-state index is 13.4. The van der Waals surface area contributed by atoms with Crippen molar-refractivity contribution >= 4 is 21.6 Å². The van der Waals surface area contributed by atoms with Gasteiger partial charge in [-0.15, -0.1) is 0 Å². The van der Waals surface area contributed by atoms with Crippen LogP contribution in [0.25, 0.3) is 11.1 Å². The summed E-state index contributed by atoms with van der Waals surface area (Å²) in [5.74, 6) is -1.14. The van der Waals surface area contributed by atoms with Crippen molar-refractivity contribution in [1.29, 1.82) is 0 Å². The average molecular weight is 362 g/mol. The molecule has 0 atom stereocenters. The Morgan fingerprint density at radius 2 is 1.86 bits per heavy atom. The van der Waals surface area contributed by atoms with Crippen molar-refractivity contribution < 1.29 is 22.8 Å². The molecule has 0 N–H and O–H groups in total. The minimum Gasteiger partial charge on any atom is -0.435 e. The first-order valence-electron chi connectivity index (χ1n) is 5.56. The Kier molecular flexibility index (Phi) is 4.46. The Morgan fingerprint density at radius 1 is 1.14 bits per heavy atom. The van der Waals surface area contributed by atoms with Crippen molar-refractivity contribution in [3.05, 3.63) is 56.8 Å². The quantitative estimate of drug-likeness (QED) is 0.582. The Bertz CT molecular complexity index is 694. The van der Waals surface area contributed by atoms with Crippen LogP contribution in [0.3, 0.4) is 0 Å². The molecule has 110 valence electrons. The van der Waals surface area contributed by atoms with Gasteiger partial charge in [0.2, 0.25) is 0 Å². The van der Waals surface area contributed by atoms with Gasteiger partial charge in [0.1, 0.15) is 11.6 Å². The summed E-state index contributed by atoms with van der Waals surface area (Å²) in [6.45, 7) is -3.08. The fourth-order valence-electron chi connectivity index (χ4n) is 1.73. The third kappa shape index (κ3) is 3.72. The Hall–Kier alpha value is -2.09. The summed E-state index contributed by atoms with van der Waals surface area (Å²) in [4.78, 5) is 10.3. The van der Waals surface area contributed by atoms with Gasteiger partial charge in [-0.25, -0.2) is 4.39 Å². The van der Waals surface area contributed by atoms with E-state index in [0.717, 1.165) is 12.1 Å². The molecule has 4 nitrogen and oxygen atoms in total. The zero-order valence-corrected chi connectivity index (χ0v) is 11.8. The number of benzene rings is 2. The molecule has 0 aliphatic rings. The van der Waals surface area contributed by atoms with Crippen molar-refractivity contribution in [2.75, 3.05) is 0 Å². The van der Waals surface area contributed by atoms with Crippen LogP contribution in [0.5, 0.6) is 5.75 Å². The van der Waals surface area contributed by atoms with Crippen LogP contribution in [0.2, 0.25) is 0 Å². The van der Waals surface area contributed by atoms with E-state index in [0.29, 0.717) is 5.56 Å². The van der Waals surface area contributed by atoms with Crippen LogP contribution in [0.4, 0.5) is 18.9 Å². The van der Waals surface area contributed by atoms with Gasteiger partial charge in [0.25, 0.3) is 5.69 Å². The standard InChI is InChI=1S/C13H7BrF3NO3/c14-11-2-1-7(5-12(11)18(19)20)8-3-9(15)6-10(4-8)21-13(16)17/h1-6,13H. The highest BCUT2D eigenvalue weighted by Crippen LogP contribution is 2.32. The van der Waals surface area contributed by atoms with E-state index in [1.54, 1.807) is 0 Å². The number of hydrogen-bond donors (Lipinski definition) is 0. The fourth-order valence-corrected chi connectivity index (χ4v) is 2.12. The Balaban J connectivity index is 2.48. The van der Waals surface area contributed by atoms with E-state index in [1.807, 2.05) is 0 Å². The monoisotopic (exact) mass is 361 g/mol. The summed E-state index contributed by atoms with van der Waals surface area (Å²) in [6.07, 6.45) is 0. The van der Waals surface area contributed by atoms with Gasteiger partial charge in [-0.1, -0.05) is 6.07 Å². The molecule has 0 radical (unpaired) electrons. The van der Waals surface area contributed by atoms with Gasteiger partial charge in [-0.2, -0.15) is 8.78 Å². The number of alkyl halides is 2. The molecule has 0 aliphatic carbocycles. The number of nitro groups is 1. The van der Waals surface area contributed by atoms with Crippen LogP contribution in [0.1, 0.15) is 0 Å². The predicted molar refractivity (Wildman–Crippen MR) is 72.8 cm³/mol. The number of ether oxygens (including phenoxy) is 1. The number of hydrogen-bond acceptors (Lipinski definition) is 3. The van der Waals surface area contributed by atoms with E-state index >= 15 is 0 Å². The predicted octanol–water partition coefficient (Wildman–Crippen LogP) is 4.76. The Labute approximate surface area is 125 Å². The van der Waals surface area contributed by atoms with E-state index in [2.05, 4.69) is 20.7 Å². The lowest BCUT2D eigenvalue weighted by Gasteiger charge is -2.08. The lowest BCUT2D eigenvalue weighted by atomic mass is 10.0.